The largest absolute Gasteiger partial charge is 1.00 e. The Morgan fingerprint density at radius 1 is 0.361 bits per heavy atom. The molecule has 0 spiro atoms. The molecule has 0 amide bonds. The standard InChI is InChI=1S/C22H24O3S.C20H20O3S.C18H16O3S.C18H14O3S.C14H10S.C8H7BO2S.K/c1-5-24-21(23)19(25-22(2,3)4)18-16-13-9-10-14-17(16)26-20(18)15-11-7-6-8-12-15;1-20(2,3)23-17(19(21)22)16-14-11-7-8-12-15(14)24-18(16)13-9-5-4-6-10-13;2*1-2-21-18(20)16(19)15-13-10-6-7-11-14(13)22-17(15)12-8-4-3-5-9-12;1-2-6-11(7-3-1)14-10-12-8-4-5-9-13(12)15-14;10-9(11)8-5-6-3-1-2-4-7(6)12-8;/h6-14,19H,5H2,1-4H3;4-12,17H,1-3H3,(H,21,22);3-11,16,19H,2H2,1H3;3-11H,2H2,1H3;1-10H;1-5,10-11H;/q;;;;;;+1/p-1. The van der Waals surface area contributed by atoms with E-state index >= 15 is 0 Å². The van der Waals surface area contributed by atoms with Crippen molar-refractivity contribution in [3.05, 3.63) is 332 Å². The second kappa shape index (κ2) is 44.0. The van der Waals surface area contributed by atoms with Gasteiger partial charge in [-0.2, -0.15) is 0 Å². The number of hydrogen-bond donors (Lipinski definition) is 3. The van der Waals surface area contributed by atoms with Crippen molar-refractivity contribution in [3.63, 3.8) is 0 Å². The molecule has 0 radical (unpaired) electrons. The zero-order valence-corrected chi connectivity index (χ0v) is 77.2. The Balaban J connectivity index is 0.000000145. The zero-order valence-electron chi connectivity index (χ0n) is 69.2. The Labute approximate surface area is 776 Å². The number of ether oxygens (including phenoxy) is 5. The van der Waals surface area contributed by atoms with Crippen LogP contribution >= 0.6 is 68.0 Å². The quantitative estimate of drug-likeness (QED) is 0.0226. The number of aliphatic hydroxyl groups is 1. The molecular formula is C100H90BKO14S6. The first-order valence-electron chi connectivity index (χ1n) is 39.4. The van der Waals surface area contributed by atoms with Gasteiger partial charge in [0.15, 0.2) is 12.2 Å². The van der Waals surface area contributed by atoms with E-state index in [1.807, 2.05) is 284 Å². The van der Waals surface area contributed by atoms with E-state index in [0.717, 1.165) is 97.8 Å². The summed E-state index contributed by atoms with van der Waals surface area (Å²) in [6, 6.07) is 102. The molecule has 0 saturated carbocycles. The van der Waals surface area contributed by atoms with E-state index in [4.69, 9.17) is 33.7 Å². The second-order valence-electron chi connectivity index (χ2n) is 29.4. The predicted octanol–water partition coefficient (Wildman–Crippen LogP) is 20.8. The van der Waals surface area contributed by atoms with E-state index in [0.29, 0.717) is 28.1 Å². The Bertz CT molecular complexity index is 6260. The summed E-state index contributed by atoms with van der Waals surface area (Å²) >= 11 is 9.60. The van der Waals surface area contributed by atoms with Gasteiger partial charge in [-0.15, -0.1) is 68.0 Å². The minimum absolute atomic E-state index is 0. The number of carbonyl (C=O) groups excluding carboxylic acids is 5. The molecule has 122 heavy (non-hydrogen) atoms. The molecule has 6 aromatic heterocycles. The maximum atomic E-state index is 12.8. The molecule has 0 fully saturated rings. The molecule has 614 valence electrons. The summed E-state index contributed by atoms with van der Waals surface area (Å²) in [4.78, 5) is 66.1. The molecule has 11 aromatic carbocycles. The molecule has 0 bridgehead atoms. The third kappa shape index (κ3) is 23.8. The van der Waals surface area contributed by atoms with Crippen LogP contribution in [0.25, 0.3) is 113 Å². The van der Waals surface area contributed by atoms with E-state index in [2.05, 4.69) is 78.9 Å². The van der Waals surface area contributed by atoms with Gasteiger partial charge < -0.3 is 48.7 Å². The number of carboxylic acid groups (broad SMARTS) is 1. The fourth-order valence-corrected chi connectivity index (χ4v) is 20.3. The van der Waals surface area contributed by atoms with Crippen molar-refractivity contribution in [1.29, 1.82) is 0 Å². The number of aliphatic hydroxyl groups excluding tert-OH is 1. The predicted molar refractivity (Wildman–Crippen MR) is 499 cm³/mol. The number of aliphatic carboxylic acids is 1. The van der Waals surface area contributed by atoms with Crippen molar-refractivity contribution in [2.45, 2.75) is 91.8 Å². The number of benzene rings is 11. The Hall–Kier alpha value is -9.77. The summed E-state index contributed by atoms with van der Waals surface area (Å²) in [5, 5.41) is 46.2. The van der Waals surface area contributed by atoms with Gasteiger partial charge in [0.25, 0.3) is 5.78 Å². The zero-order chi connectivity index (χ0) is 85.7. The van der Waals surface area contributed by atoms with Crippen LogP contribution in [0.3, 0.4) is 0 Å². The van der Waals surface area contributed by atoms with Crippen LogP contribution in [0.15, 0.2) is 309 Å². The topological polar surface area (TPSA) is 215 Å². The number of carboxylic acids is 1. The minimum Gasteiger partial charge on any atom is -0.547 e. The van der Waals surface area contributed by atoms with Crippen molar-refractivity contribution in [2.75, 3.05) is 19.8 Å². The normalized spacial score (nSPS) is 11.8. The van der Waals surface area contributed by atoms with Crippen LogP contribution in [0.1, 0.15) is 108 Å². The Morgan fingerprint density at radius 2 is 0.680 bits per heavy atom. The van der Waals surface area contributed by atoms with Crippen LogP contribution < -0.4 is 61.3 Å². The fraction of sp³-hybridized carbons (Fsp3) is 0.170. The number of esters is 3. The summed E-state index contributed by atoms with van der Waals surface area (Å²) in [5.74, 6) is -3.56. The maximum absolute atomic E-state index is 12.8. The average molecular weight is 1760 g/mol. The van der Waals surface area contributed by atoms with Gasteiger partial charge >= 0.3 is 76.4 Å². The number of fused-ring (bicyclic) bond motifs is 6. The van der Waals surface area contributed by atoms with E-state index in [9.17, 15) is 34.2 Å². The van der Waals surface area contributed by atoms with E-state index in [1.165, 1.54) is 43.2 Å². The third-order valence-corrected chi connectivity index (χ3v) is 25.7. The monoisotopic (exact) mass is 1760 g/mol. The third-order valence-electron chi connectivity index (χ3n) is 18.5. The smallest absolute Gasteiger partial charge is 0.547 e. The van der Waals surface area contributed by atoms with Gasteiger partial charge in [0.05, 0.1) is 42.6 Å². The molecule has 3 N–H and O–H groups in total. The summed E-state index contributed by atoms with van der Waals surface area (Å²) in [7, 11) is -1.35. The van der Waals surface area contributed by atoms with E-state index < -0.39 is 60.3 Å². The fourth-order valence-electron chi connectivity index (χ4n) is 13.3. The molecule has 17 rings (SSSR count). The molecule has 3 unspecified atom stereocenters. The van der Waals surface area contributed by atoms with Crippen molar-refractivity contribution in [3.8, 4) is 52.2 Å². The van der Waals surface area contributed by atoms with Crippen LogP contribution in [0.4, 0.5) is 0 Å². The summed E-state index contributed by atoms with van der Waals surface area (Å²) in [6.07, 6.45) is -3.15. The van der Waals surface area contributed by atoms with Crippen LogP contribution in [0, 0.1) is 0 Å². The van der Waals surface area contributed by atoms with Gasteiger partial charge in [0, 0.05) is 79.4 Å². The molecule has 3 atom stereocenters. The van der Waals surface area contributed by atoms with Crippen molar-refractivity contribution in [1.82, 2.24) is 0 Å². The first-order chi connectivity index (χ1) is 58.4. The molecular weight excluding hydrogens is 1670 g/mol. The van der Waals surface area contributed by atoms with Gasteiger partial charge in [-0.25, -0.2) is 14.4 Å². The molecule has 0 aliphatic rings. The van der Waals surface area contributed by atoms with Gasteiger partial charge in [0.2, 0.25) is 0 Å². The summed E-state index contributed by atoms with van der Waals surface area (Å²) in [6.45, 7) is 17.4. The number of thiophene rings is 6. The molecule has 0 saturated heterocycles. The van der Waals surface area contributed by atoms with Gasteiger partial charge in [-0.3, -0.25) is 4.79 Å². The van der Waals surface area contributed by atoms with Crippen molar-refractivity contribution >= 4 is 170 Å². The SMILES string of the molecule is CC(C)(C)OC(C(=O)[O-])c1c(-c2ccccc2)sc2ccccc12.CCOC(=O)C(=O)c1c(-c2ccccc2)sc2ccccc12.CCOC(=O)C(O)c1c(-c2ccccc2)sc2ccccc12.CCOC(=O)C(OC(C)(C)C)c1c(-c2ccccc2)sc2ccccc12.OB(O)c1cc2ccccc2s1.[K+].c1ccc(-c2cc3ccccc3s2)cc1. The first kappa shape index (κ1) is 92.9. The van der Waals surface area contributed by atoms with Gasteiger partial charge in [-0.05, 0) is 166 Å². The van der Waals surface area contributed by atoms with E-state index in [-0.39, 0.29) is 70.6 Å². The Kier molecular flexibility index (Phi) is 33.5. The Morgan fingerprint density at radius 3 is 1.08 bits per heavy atom. The van der Waals surface area contributed by atoms with Crippen LogP contribution in [0.5, 0.6) is 0 Å². The number of hydrogen-bond acceptors (Lipinski definition) is 20. The molecule has 6 heterocycles. The van der Waals surface area contributed by atoms with Crippen LogP contribution in [-0.2, 0) is 42.9 Å². The summed E-state index contributed by atoms with van der Waals surface area (Å²) in [5.41, 5.74) is 6.85. The maximum Gasteiger partial charge on any atom is 1.00 e. The number of rotatable bonds is 19. The van der Waals surface area contributed by atoms with Crippen molar-refractivity contribution in [2.24, 2.45) is 0 Å². The first-order valence-corrected chi connectivity index (χ1v) is 44.3. The average Bonchev–Trinajstić information content (AvgIpc) is 1.66. The minimum atomic E-state index is -1.35. The number of ketones is 1. The number of Topliss-reactive ketones (excluding diaryl/α,β-unsaturated/α-hetero) is 1. The second-order valence-corrected chi connectivity index (χ2v) is 35.8. The molecule has 0 aliphatic heterocycles. The molecule has 0 aliphatic carbocycles. The molecule has 17 aromatic rings. The molecule has 14 nitrogen and oxygen atoms in total. The summed E-state index contributed by atoms with van der Waals surface area (Å²) < 4.78 is 34.5. The van der Waals surface area contributed by atoms with E-state index in [1.54, 1.807) is 53.9 Å². The van der Waals surface area contributed by atoms with Gasteiger partial charge in [-0.1, -0.05) is 261 Å². The van der Waals surface area contributed by atoms with Crippen LogP contribution in [-0.4, -0.2) is 83.0 Å². The van der Waals surface area contributed by atoms with Gasteiger partial charge in [0.1, 0.15) is 6.10 Å². The van der Waals surface area contributed by atoms with Crippen molar-refractivity contribution < 1.29 is 119 Å². The number of carbonyl (C=O) groups is 5. The van der Waals surface area contributed by atoms with Crippen LogP contribution in [0.2, 0.25) is 0 Å². The molecule has 22 heteroatoms.